The second kappa shape index (κ2) is 7.16. The summed E-state index contributed by atoms with van der Waals surface area (Å²) in [5.41, 5.74) is 3.29. The zero-order valence-electron chi connectivity index (χ0n) is 16.1. The number of carbonyl (C=O) groups excluding carboxylic acids is 1. The van der Waals surface area contributed by atoms with Gasteiger partial charge in [0.1, 0.15) is 12.4 Å². The Balaban J connectivity index is 1.79. The average Bonchev–Trinajstić information content (AvgIpc) is 3.15. The molecule has 1 aliphatic rings. The number of rotatable bonds is 2. The Morgan fingerprint density at radius 1 is 1.40 bits per heavy atom. The molecule has 0 bridgehead atoms. The minimum Gasteiger partial charge on any atom is -0.489 e. The van der Waals surface area contributed by atoms with E-state index in [1.54, 1.807) is 24.3 Å². The molecule has 7 nitrogen and oxygen atoms in total. The van der Waals surface area contributed by atoms with Crippen LogP contribution in [0.3, 0.4) is 0 Å². The van der Waals surface area contributed by atoms with Gasteiger partial charge in [-0.15, -0.1) is 11.3 Å². The van der Waals surface area contributed by atoms with Crippen molar-refractivity contribution in [1.29, 1.82) is 0 Å². The Kier molecular flexibility index (Phi) is 4.76. The molecule has 1 amide bonds. The van der Waals surface area contributed by atoms with Gasteiger partial charge in [-0.25, -0.2) is 19.3 Å². The van der Waals surface area contributed by atoms with Gasteiger partial charge in [-0.2, -0.15) is 0 Å². The normalized spacial score (nSPS) is 19.2. The average molecular weight is 424 g/mol. The number of nitrogens with zero attached hydrogens (tertiary/aromatic N) is 3. The lowest BCUT2D eigenvalue weighted by Crippen LogP contribution is -2.22. The number of alkyl halides is 1. The van der Waals surface area contributed by atoms with Crippen molar-refractivity contribution in [3.05, 3.63) is 57.9 Å². The maximum absolute atomic E-state index is 15.2. The topological polar surface area (TPSA) is 111 Å². The summed E-state index contributed by atoms with van der Waals surface area (Å²) in [4.78, 5) is 24.2. The Morgan fingerprint density at radius 2 is 2.13 bits per heavy atom. The van der Waals surface area contributed by atoms with Crippen LogP contribution in [0.5, 0.6) is 5.75 Å². The molecule has 0 aliphatic carbocycles. The summed E-state index contributed by atoms with van der Waals surface area (Å²) >= 11 is 0.915. The summed E-state index contributed by atoms with van der Waals surface area (Å²) in [6.45, 7) is 2.64. The molecule has 2 unspecified atom stereocenters. The summed E-state index contributed by atoms with van der Waals surface area (Å²) in [6, 6.07) is 6.66. The highest BCUT2D eigenvalue weighted by Crippen LogP contribution is 2.45. The number of carbonyl (C=O) groups is 1. The molecule has 2 aromatic heterocycles. The van der Waals surface area contributed by atoms with Crippen LogP contribution in [0.1, 0.15) is 39.9 Å². The van der Waals surface area contributed by atoms with Crippen LogP contribution in [0.4, 0.5) is 4.39 Å². The first-order valence-electron chi connectivity index (χ1n) is 8.98. The number of fused-ring (bicyclic) bond motifs is 3. The van der Waals surface area contributed by atoms with Gasteiger partial charge in [0.2, 0.25) is 0 Å². The van der Waals surface area contributed by atoms with E-state index in [9.17, 15) is 9.90 Å². The van der Waals surface area contributed by atoms with E-state index in [0.29, 0.717) is 22.6 Å². The molecule has 1 aliphatic heterocycles. The van der Waals surface area contributed by atoms with E-state index in [2.05, 4.69) is 26.8 Å². The number of nitrogens with two attached hydrogens (primary N) is 1. The molecule has 3 heterocycles. The van der Waals surface area contributed by atoms with Crippen LogP contribution in [-0.2, 0) is 11.3 Å². The van der Waals surface area contributed by atoms with Gasteiger partial charge in [-0.3, -0.25) is 4.79 Å². The molecule has 0 saturated heterocycles. The van der Waals surface area contributed by atoms with Gasteiger partial charge in [0.15, 0.2) is 22.1 Å². The van der Waals surface area contributed by atoms with Gasteiger partial charge in [-0.05, 0) is 38.1 Å². The van der Waals surface area contributed by atoms with Crippen LogP contribution in [0.15, 0.2) is 36.7 Å². The number of ether oxygens (including phenoxy) is 1. The third-order valence-electron chi connectivity index (χ3n) is 4.50. The van der Waals surface area contributed by atoms with Gasteiger partial charge in [0.25, 0.3) is 5.91 Å². The number of hydrogen-bond donors (Lipinski definition) is 2. The van der Waals surface area contributed by atoms with Gasteiger partial charge < -0.3 is 15.6 Å². The zero-order valence-corrected chi connectivity index (χ0v) is 17.0. The number of primary amides is 1. The highest BCUT2D eigenvalue weighted by atomic mass is 32.1. The fraction of sp³-hybridized carbons (Fsp3) is 0.238. The molecular formula is C21H17FN4O3S. The number of hydrogen-bond acceptors (Lipinski definition) is 7. The van der Waals surface area contributed by atoms with E-state index in [1.807, 2.05) is 0 Å². The van der Waals surface area contributed by atoms with Crippen LogP contribution in [0, 0.1) is 11.8 Å². The summed E-state index contributed by atoms with van der Waals surface area (Å²) < 4.78 is 20.8. The number of aliphatic hydroxyl groups is 1. The first-order chi connectivity index (χ1) is 14.2. The highest BCUT2D eigenvalue weighted by Gasteiger charge is 2.38. The van der Waals surface area contributed by atoms with E-state index in [0.717, 1.165) is 11.3 Å². The zero-order chi connectivity index (χ0) is 21.5. The molecule has 0 fully saturated rings. The van der Waals surface area contributed by atoms with E-state index >= 15 is 4.39 Å². The lowest BCUT2D eigenvalue weighted by molar-refractivity contribution is 0.0999. The van der Waals surface area contributed by atoms with Crippen molar-refractivity contribution >= 4 is 17.2 Å². The Bertz CT molecular complexity index is 1200. The molecule has 9 heteroatoms. The van der Waals surface area contributed by atoms with Crippen molar-refractivity contribution in [2.24, 2.45) is 5.73 Å². The molecule has 2 atom stereocenters. The van der Waals surface area contributed by atoms with Crippen molar-refractivity contribution in [2.45, 2.75) is 25.1 Å². The summed E-state index contributed by atoms with van der Waals surface area (Å²) in [6.07, 6.45) is 3.04. The fourth-order valence-corrected chi connectivity index (χ4v) is 3.91. The smallest absolute Gasteiger partial charge is 0.277 e. The number of aromatic nitrogens is 3. The molecule has 3 aromatic rings. The van der Waals surface area contributed by atoms with Gasteiger partial charge in [0, 0.05) is 23.5 Å². The first kappa shape index (κ1) is 19.9. The van der Waals surface area contributed by atoms with Crippen molar-refractivity contribution in [3.8, 4) is 28.8 Å². The summed E-state index contributed by atoms with van der Waals surface area (Å²) in [5, 5.41) is 10.6. The van der Waals surface area contributed by atoms with Gasteiger partial charge in [0.05, 0.1) is 10.6 Å². The lowest BCUT2D eigenvalue weighted by Gasteiger charge is -2.16. The molecule has 0 saturated carbocycles. The highest BCUT2D eigenvalue weighted by molar-refractivity contribution is 7.14. The molecule has 152 valence electrons. The molecule has 4 rings (SSSR count). The lowest BCUT2D eigenvalue weighted by atomic mass is 10.0. The Morgan fingerprint density at radius 3 is 2.83 bits per heavy atom. The Labute approximate surface area is 175 Å². The summed E-state index contributed by atoms with van der Waals surface area (Å²) in [5.74, 6) is 5.52. The number of halogens is 1. The predicted molar refractivity (Wildman–Crippen MR) is 109 cm³/mol. The minimum atomic E-state index is -1.83. The molecule has 1 aromatic carbocycles. The van der Waals surface area contributed by atoms with Gasteiger partial charge in [-0.1, -0.05) is 11.8 Å². The van der Waals surface area contributed by atoms with E-state index < -0.39 is 17.2 Å². The van der Waals surface area contributed by atoms with Crippen molar-refractivity contribution in [1.82, 2.24) is 15.0 Å². The maximum atomic E-state index is 15.2. The molecule has 0 radical (unpaired) electrons. The second-order valence-corrected chi connectivity index (χ2v) is 8.15. The van der Waals surface area contributed by atoms with Crippen molar-refractivity contribution in [3.63, 3.8) is 0 Å². The van der Waals surface area contributed by atoms with E-state index in [-0.39, 0.29) is 22.3 Å². The SMILES string of the molecule is CC(O)(C#Cc1ccc2c(c1)-c1nc(C(N)=O)sc1C(C)(F)CO2)c1ncccn1. The largest absolute Gasteiger partial charge is 0.489 e. The first-order valence-corrected chi connectivity index (χ1v) is 9.79. The molecular weight excluding hydrogens is 407 g/mol. The van der Waals surface area contributed by atoms with Crippen LogP contribution in [-0.4, -0.2) is 32.6 Å². The number of thiazole rings is 1. The van der Waals surface area contributed by atoms with Crippen molar-refractivity contribution < 1.29 is 19.0 Å². The van der Waals surface area contributed by atoms with Crippen LogP contribution >= 0.6 is 11.3 Å². The van der Waals surface area contributed by atoms with Gasteiger partial charge >= 0.3 is 0 Å². The molecule has 0 spiro atoms. The standard InChI is InChI=1S/C21H17FN4O3S/c1-20(22)11-29-14-5-4-12(6-7-21(2,28)19-24-8-3-9-25-19)10-13(14)15-16(20)30-18(26-15)17(23)27/h3-5,8-10,28H,11H2,1-2H3,(H2,23,27). The number of amides is 1. The van der Waals surface area contributed by atoms with Crippen LogP contribution in [0.2, 0.25) is 0 Å². The van der Waals surface area contributed by atoms with E-state index in [4.69, 9.17) is 10.5 Å². The predicted octanol–water partition coefficient (Wildman–Crippen LogP) is 2.54. The second-order valence-electron chi connectivity index (χ2n) is 7.15. The summed E-state index contributed by atoms with van der Waals surface area (Å²) in [7, 11) is 0. The monoisotopic (exact) mass is 424 g/mol. The van der Waals surface area contributed by atoms with Crippen molar-refractivity contribution in [2.75, 3.05) is 6.61 Å². The minimum absolute atomic E-state index is 0.0253. The fourth-order valence-electron chi connectivity index (χ4n) is 2.96. The Hall–Kier alpha value is -3.35. The third kappa shape index (κ3) is 3.63. The maximum Gasteiger partial charge on any atom is 0.277 e. The molecule has 30 heavy (non-hydrogen) atoms. The van der Waals surface area contributed by atoms with Crippen LogP contribution in [0.25, 0.3) is 11.3 Å². The quantitative estimate of drug-likeness (QED) is 0.612. The third-order valence-corrected chi connectivity index (χ3v) is 5.81. The van der Waals surface area contributed by atoms with Crippen LogP contribution < -0.4 is 10.5 Å². The van der Waals surface area contributed by atoms with E-state index in [1.165, 1.54) is 26.2 Å². The molecule has 3 N–H and O–H groups in total. The number of benzene rings is 1.